The number of hydrogen-bond acceptors (Lipinski definition) is 4. The zero-order valence-electron chi connectivity index (χ0n) is 15.4. The standard InChI is InChI=1S/C21H20FNO4/c1-13-17-9-4-5-10-18(17)27-19(13)21(25)26-14(2)20(24)23(3)12-15-7-6-8-16(22)11-15/h4-11,14H,12H2,1-3H3/t14-/m1/s1. The lowest BCUT2D eigenvalue weighted by Gasteiger charge is -2.21. The molecule has 0 saturated carbocycles. The number of amides is 1. The summed E-state index contributed by atoms with van der Waals surface area (Å²) in [5, 5.41) is 0.826. The fourth-order valence-electron chi connectivity index (χ4n) is 2.93. The van der Waals surface area contributed by atoms with Gasteiger partial charge >= 0.3 is 5.97 Å². The minimum absolute atomic E-state index is 0.0867. The first kappa shape index (κ1) is 18.6. The highest BCUT2D eigenvalue weighted by Gasteiger charge is 2.26. The molecule has 140 valence electrons. The van der Waals surface area contributed by atoms with Gasteiger partial charge in [-0.15, -0.1) is 0 Å². The molecule has 27 heavy (non-hydrogen) atoms. The van der Waals surface area contributed by atoms with Gasteiger partial charge in [-0.05, 0) is 37.6 Å². The molecule has 0 radical (unpaired) electrons. The number of furan rings is 1. The number of aryl methyl sites for hydroxylation is 1. The molecule has 0 fully saturated rings. The number of ether oxygens (including phenoxy) is 1. The van der Waals surface area contributed by atoms with E-state index >= 15 is 0 Å². The van der Waals surface area contributed by atoms with Gasteiger partial charge in [-0.2, -0.15) is 0 Å². The second-order valence-corrected chi connectivity index (χ2v) is 6.42. The minimum atomic E-state index is -0.997. The van der Waals surface area contributed by atoms with Crippen LogP contribution in [0.15, 0.2) is 52.9 Å². The number of likely N-dealkylation sites (N-methyl/N-ethyl adjacent to an activating group) is 1. The highest BCUT2D eigenvalue weighted by atomic mass is 19.1. The van der Waals surface area contributed by atoms with E-state index in [0.717, 1.165) is 5.39 Å². The van der Waals surface area contributed by atoms with Crippen molar-refractivity contribution in [1.29, 1.82) is 0 Å². The quantitative estimate of drug-likeness (QED) is 0.636. The number of fused-ring (bicyclic) bond motifs is 1. The molecule has 2 aromatic carbocycles. The summed E-state index contributed by atoms with van der Waals surface area (Å²) < 4.78 is 24.1. The van der Waals surface area contributed by atoms with Gasteiger partial charge in [-0.1, -0.05) is 30.3 Å². The maximum Gasteiger partial charge on any atom is 0.375 e. The summed E-state index contributed by atoms with van der Waals surface area (Å²) in [5.74, 6) is -1.36. The molecule has 0 spiro atoms. The Morgan fingerprint density at radius 3 is 2.63 bits per heavy atom. The van der Waals surface area contributed by atoms with Crippen LogP contribution in [0, 0.1) is 12.7 Å². The van der Waals surface area contributed by atoms with Crippen LogP contribution in [-0.4, -0.2) is 29.9 Å². The lowest BCUT2D eigenvalue weighted by molar-refractivity contribution is -0.139. The van der Waals surface area contributed by atoms with Crippen molar-refractivity contribution in [2.75, 3.05) is 7.05 Å². The smallest absolute Gasteiger partial charge is 0.375 e. The molecule has 0 aliphatic rings. The second kappa shape index (κ2) is 7.61. The molecule has 0 aliphatic heterocycles. The third-order valence-corrected chi connectivity index (χ3v) is 4.35. The molecule has 0 N–H and O–H groups in total. The van der Waals surface area contributed by atoms with Crippen molar-refractivity contribution in [2.24, 2.45) is 0 Å². The monoisotopic (exact) mass is 369 g/mol. The van der Waals surface area contributed by atoms with Crippen LogP contribution in [-0.2, 0) is 16.1 Å². The minimum Gasteiger partial charge on any atom is -0.449 e. The van der Waals surface area contributed by atoms with E-state index in [4.69, 9.17) is 9.15 Å². The van der Waals surface area contributed by atoms with E-state index in [1.165, 1.54) is 24.0 Å². The number of benzene rings is 2. The molecule has 1 aromatic heterocycles. The summed E-state index contributed by atoms with van der Waals surface area (Å²) in [6.07, 6.45) is -0.997. The molecule has 5 nitrogen and oxygen atoms in total. The van der Waals surface area contributed by atoms with E-state index in [0.29, 0.717) is 16.7 Å². The lowest BCUT2D eigenvalue weighted by Crippen LogP contribution is -2.37. The maximum atomic E-state index is 13.3. The fourth-order valence-corrected chi connectivity index (χ4v) is 2.93. The third-order valence-electron chi connectivity index (χ3n) is 4.35. The van der Waals surface area contributed by atoms with Crippen molar-refractivity contribution in [3.8, 4) is 0 Å². The van der Waals surface area contributed by atoms with Gasteiger partial charge in [0.25, 0.3) is 5.91 Å². The summed E-state index contributed by atoms with van der Waals surface area (Å²) >= 11 is 0. The van der Waals surface area contributed by atoms with E-state index in [2.05, 4.69) is 0 Å². The molecule has 0 unspecified atom stereocenters. The molecular formula is C21H20FNO4. The Labute approximate surface area is 156 Å². The Hall–Kier alpha value is -3.15. The zero-order valence-corrected chi connectivity index (χ0v) is 15.4. The molecule has 6 heteroatoms. The highest BCUT2D eigenvalue weighted by Crippen LogP contribution is 2.25. The van der Waals surface area contributed by atoms with Gasteiger partial charge in [0.1, 0.15) is 11.4 Å². The first-order valence-electron chi connectivity index (χ1n) is 8.55. The Bertz CT molecular complexity index is 995. The topological polar surface area (TPSA) is 59.8 Å². The Kier molecular flexibility index (Phi) is 5.26. The van der Waals surface area contributed by atoms with Gasteiger partial charge in [0.05, 0.1) is 0 Å². The number of rotatable bonds is 5. The van der Waals surface area contributed by atoms with Crippen LogP contribution in [0.5, 0.6) is 0 Å². The molecule has 0 aliphatic carbocycles. The van der Waals surface area contributed by atoms with Crippen LogP contribution in [0.4, 0.5) is 4.39 Å². The normalized spacial score (nSPS) is 12.0. The van der Waals surface area contributed by atoms with Crippen molar-refractivity contribution in [2.45, 2.75) is 26.5 Å². The average molecular weight is 369 g/mol. The Morgan fingerprint density at radius 1 is 1.19 bits per heavy atom. The number of para-hydroxylation sites is 1. The zero-order chi connectivity index (χ0) is 19.6. The number of halogens is 1. The summed E-state index contributed by atoms with van der Waals surface area (Å²) in [6.45, 7) is 3.48. The number of carbonyl (C=O) groups is 2. The van der Waals surface area contributed by atoms with Gasteiger partial charge in [-0.25, -0.2) is 9.18 Å². The first-order valence-corrected chi connectivity index (χ1v) is 8.55. The largest absolute Gasteiger partial charge is 0.449 e. The van der Waals surface area contributed by atoms with E-state index < -0.39 is 12.1 Å². The van der Waals surface area contributed by atoms with Gasteiger partial charge in [0.2, 0.25) is 5.76 Å². The molecular weight excluding hydrogens is 349 g/mol. The van der Waals surface area contributed by atoms with Crippen LogP contribution in [0.3, 0.4) is 0 Å². The summed E-state index contributed by atoms with van der Waals surface area (Å²) in [7, 11) is 1.57. The van der Waals surface area contributed by atoms with Crippen molar-refractivity contribution in [1.82, 2.24) is 4.90 Å². The van der Waals surface area contributed by atoms with Gasteiger partial charge in [0, 0.05) is 24.5 Å². The molecule has 1 heterocycles. The van der Waals surface area contributed by atoms with Crippen molar-refractivity contribution in [3.63, 3.8) is 0 Å². The second-order valence-electron chi connectivity index (χ2n) is 6.42. The van der Waals surface area contributed by atoms with E-state index in [-0.39, 0.29) is 24.0 Å². The number of nitrogens with zero attached hydrogens (tertiary/aromatic N) is 1. The molecule has 3 rings (SSSR count). The fraction of sp³-hybridized carbons (Fsp3) is 0.238. The Balaban J connectivity index is 1.68. The van der Waals surface area contributed by atoms with Crippen LogP contribution in [0.2, 0.25) is 0 Å². The highest BCUT2D eigenvalue weighted by molar-refractivity contribution is 5.97. The molecule has 0 bridgehead atoms. The maximum absolute atomic E-state index is 13.3. The van der Waals surface area contributed by atoms with Crippen molar-refractivity contribution in [3.05, 3.63) is 71.2 Å². The van der Waals surface area contributed by atoms with Gasteiger partial charge in [-0.3, -0.25) is 4.79 Å². The van der Waals surface area contributed by atoms with Crippen LogP contribution >= 0.6 is 0 Å². The summed E-state index contributed by atoms with van der Waals surface area (Å²) in [5.41, 5.74) is 1.91. The molecule has 3 aromatic rings. The summed E-state index contributed by atoms with van der Waals surface area (Å²) in [4.78, 5) is 26.3. The van der Waals surface area contributed by atoms with Crippen molar-refractivity contribution >= 4 is 22.8 Å². The molecule has 1 amide bonds. The number of hydrogen-bond donors (Lipinski definition) is 0. The summed E-state index contributed by atoms with van der Waals surface area (Å²) in [6, 6.07) is 13.3. The van der Waals surface area contributed by atoms with Gasteiger partial charge in [0.15, 0.2) is 6.10 Å². The van der Waals surface area contributed by atoms with E-state index in [1.807, 2.05) is 18.2 Å². The van der Waals surface area contributed by atoms with Crippen molar-refractivity contribution < 1.29 is 23.1 Å². The van der Waals surface area contributed by atoms with Crippen LogP contribution < -0.4 is 0 Å². The predicted octanol–water partition coefficient (Wildman–Crippen LogP) is 4.08. The molecule has 0 saturated heterocycles. The average Bonchev–Trinajstić information content (AvgIpc) is 2.98. The Morgan fingerprint density at radius 2 is 1.93 bits per heavy atom. The van der Waals surface area contributed by atoms with Gasteiger partial charge < -0.3 is 14.1 Å². The number of esters is 1. The van der Waals surface area contributed by atoms with Crippen LogP contribution in [0.25, 0.3) is 11.0 Å². The number of carbonyl (C=O) groups excluding carboxylic acids is 2. The lowest BCUT2D eigenvalue weighted by atomic mass is 10.1. The first-order chi connectivity index (χ1) is 12.9. The third kappa shape index (κ3) is 4.00. The van der Waals surface area contributed by atoms with Crippen LogP contribution in [0.1, 0.15) is 28.6 Å². The molecule has 1 atom stereocenters. The van der Waals surface area contributed by atoms with E-state index in [1.54, 1.807) is 32.2 Å². The van der Waals surface area contributed by atoms with E-state index in [9.17, 15) is 14.0 Å². The predicted molar refractivity (Wildman–Crippen MR) is 98.7 cm³/mol. The SMILES string of the molecule is Cc1c(C(=O)O[C@H](C)C(=O)N(C)Cc2cccc(F)c2)oc2ccccc12.